The maximum atomic E-state index is 14.2. The number of rotatable bonds is 14. The molecule has 0 N–H and O–H groups in total. The van der Waals surface area contributed by atoms with Crippen LogP contribution in [0.5, 0.6) is 11.5 Å². The Morgan fingerprint density at radius 1 is 0.974 bits per heavy atom. The highest BCUT2D eigenvalue weighted by atomic mass is 32.1. The summed E-state index contributed by atoms with van der Waals surface area (Å²) in [5.41, 5.74) is 1.97. The van der Waals surface area contributed by atoms with E-state index < -0.39 is 37.0 Å². The summed E-state index contributed by atoms with van der Waals surface area (Å²) < 4.78 is 99.1. The summed E-state index contributed by atoms with van der Waals surface area (Å²) in [5.74, 6) is -17.5. The number of halogens is 6. The predicted molar refractivity (Wildman–Crippen MR) is 139 cm³/mol. The van der Waals surface area contributed by atoms with Gasteiger partial charge in [0.25, 0.3) is 0 Å². The monoisotopic (exact) mass is 574 g/mol. The summed E-state index contributed by atoms with van der Waals surface area (Å²) in [5, 5.41) is 0.740. The third-order valence-corrected chi connectivity index (χ3v) is 7.12. The second-order valence-electron chi connectivity index (χ2n) is 8.89. The number of unbranched alkanes of at least 4 members (excludes halogenated alkanes) is 2. The Bertz CT molecular complexity index is 1300. The van der Waals surface area contributed by atoms with Gasteiger partial charge in [0.1, 0.15) is 11.5 Å². The maximum Gasteiger partial charge on any atom is 0.378 e. The molecule has 0 bridgehead atoms. The molecule has 0 amide bonds. The van der Waals surface area contributed by atoms with Crippen molar-refractivity contribution >= 4 is 27.4 Å². The summed E-state index contributed by atoms with van der Waals surface area (Å²) in [7, 11) is 1.57. The summed E-state index contributed by atoms with van der Waals surface area (Å²) in [6, 6.07) is 12.0. The third-order valence-electron chi connectivity index (χ3n) is 5.99. The van der Waals surface area contributed by atoms with Gasteiger partial charge in [-0.25, -0.2) is 4.79 Å². The molecule has 39 heavy (non-hydrogen) atoms. The number of fused-ring (bicyclic) bond motifs is 1. The molecule has 2 aromatic carbocycles. The number of benzene rings is 2. The molecule has 11 heteroatoms. The van der Waals surface area contributed by atoms with Crippen molar-refractivity contribution in [2.75, 3.05) is 20.3 Å². The van der Waals surface area contributed by atoms with E-state index >= 15 is 0 Å². The van der Waals surface area contributed by atoms with Crippen LogP contribution in [0.3, 0.4) is 0 Å². The number of esters is 1. The molecule has 0 fully saturated rings. The molecule has 0 atom stereocenters. The van der Waals surface area contributed by atoms with Crippen LogP contribution in [0.15, 0.2) is 55.1 Å². The Kier molecular flexibility index (Phi) is 9.58. The first-order chi connectivity index (χ1) is 18.3. The van der Waals surface area contributed by atoms with Crippen LogP contribution < -0.4 is 9.47 Å². The fraction of sp³-hybridized carbons (Fsp3) is 0.393. The number of ether oxygens (including phenoxy) is 3. The van der Waals surface area contributed by atoms with E-state index in [4.69, 9.17) is 9.47 Å². The van der Waals surface area contributed by atoms with Crippen LogP contribution in [-0.2, 0) is 16.0 Å². The highest BCUT2D eigenvalue weighted by molar-refractivity contribution is 7.22. The Balaban J connectivity index is 1.76. The number of hydrogen-bond donors (Lipinski definition) is 0. The lowest BCUT2D eigenvalue weighted by molar-refractivity contribution is -0.322. The van der Waals surface area contributed by atoms with Gasteiger partial charge in [0, 0.05) is 21.2 Å². The van der Waals surface area contributed by atoms with Crippen molar-refractivity contribution in [2.24, 2.45) is 0 Å². The van der Waals surface area contributed by atoms with Crippen LogP contribution in [0.25, 0.3) is 20.5 Å². The van der Waals surface area contributed by atoms with Gasteiger partial charge in [-0.1, -0.05) is 32.4 Å². The minimum absolute atomic E-state index is 0.203. The van der Waals surface area contributed by atoms with E-state index in [0.29, 0.717) is 16.5 Å². The summed E-state index contributed by atoms with van der Waals surface area (Å²) in [6.07, 6.45) is 4.68. The van der Waals surface area contributed by atoms with Gasteiger partial charge in [0.2, 0.25) is 0 Å². The number of hydrogen-bond acceptors (Lipinski definition) is 5. The van der Waals surface area contributed by atoms with Crippen molar-refractivity contribution in [3.05, 3.63) is 60.7 Å². The van der Waals surface area contributed by atoms with E-state index in [-0.39, 0.29) is 5.75 Å². The molecule has 4 nitrogen and oxygen atoms in total. The molecule has 0 saturated heterocycles. The Morgan fingerprint density at radius 2 is 1.69 bits per heavy atom. The van der Waals surface area contributed by atoms with E-state index in [2.05, 4.69) is 18.2 Å². The molecular formula is C28H28F6O4S. The Hall–Kier alpha value is -3.21. The summed E-state index contributed by atoms with van der Waals surface area (Å²) in [4.78, 5) is 11.7. The van der Waals surface area contributed by atoms with Gasteiger partial charge in [-0.2, -0.15) is 26.3 Å². The largest absolute Gasteiger partial charge is 0.496 e. The van der Waals surface area contributed by atoms with Gasteiger partial charge in [-0.3, -0.25) is 0 Å². The molecule has 212 valence electrons. The average Bonchev–Trinajstić information content (AvgIpc) is 3.33. The van der Waals surface area contributed by atoms with Gasteiger partial charge in [-0.05, 0) is 60.2 Å². The van der Waals surface area contributed by atoms with E-state index in [0.717, 1.165) is 47.1 Å². The van der Waals surface area contributed by atoms with Gasteiger partial charge in [0.05, 0.1) is 7.11 Å². The van der Waals surface area contributed by atoms with Gasteiger partial charge < -0.3 is 14.2 Å². The number of aryl methyl sites for hydroxylation is 1. The first-order valence-corrected chi connectivity index (χ1v) is 12.9. The molecule has 0 aliphatic carbocycles. The fourth-order valence-corrected chi connectivity index (χ4v) is 4.87. The lowest BCUT2D eigenvalue weighted by atomic mass is 10.0. The maximum absolute atomic E-state index is 14.2. The van der Waals surface area contributed by atoms with E-state index in [9.17, 15) is 31.1 Å². The van der Waals surface area contributed by atoms with Gasteiger partial charge >= 0.3 is 23.7 Å². The normalized spacial score (nSPS) is 12.4. The third kappa shape index (κ3) is 6.87. The van der Waals surface area contributed by atoms with Crippen molar-refractivity contribution in [3.8, 4) is 21.9 Å². The minimum Gasteiger partial charge on any atom is -0.496 e. The van der Waals surface area contributed by atoms with Crippen molar-refractivity contribution in [1.82, 2.24) is 0 Å². The Morgan fingerprint density at radius 3 is 2.36 bits per heavy atom. The fourth-order valence-electron chi connectivity index (χ4n) is 3.75. The first kappa shape index (κ1) is 30.3. The van der Waals surface area contributed by atoms with Crippen molar-refractivity contribution in [3.63, 3.8) is 0 Å². The van der Waals surface area contributed by atoms with E-state index in [1.807, 2.05) is 24.3 Å². The zero-order chi connectivity index (χ0) is 28.8. The molecule has 3 aromatic rings. The van der Waals surface area contributed by atoms with Gasteiger partial charge in [0.15, 0.2) is 13.2 Å². The van der Waals surface area contributed by atoms with Crippen LogP contribution in [0, 0.1) is 0 Å². The zero-order valence-corrected chi connectivity index (χ0v) is 22.2. The van der Waals surface area contributed by atoms with Crippen LogP contribution in [0.4, 0.5) is 26.3 Å². The second-order valence-corrected chi connectivity index (χ2v) is 9.97. The highest BCUT2D eigenvalue weighted by Crippen LogP contribution is 2.46. The van der Waals surface area contributed by atoms with Crippen LogP contribution in [0.2, 0.25) is 0 Å². The molecule has 1 heterocycles. The number of methoxy groups -OCH3 is 1. The standard InChI is InChI=1S/C28H28F6O4S/c1-4-6-7-8-18-9-12-21(22(13-18)36-3)24-14-19-10-11-20(15-23(19)39-24)37-16-26(29,30)28(33,34)27(31,32)17-38-25(35)5-2/h5,9-15H,2,4,6-8,16-17H2,1,3H3. The van der Waals surface area contributed by atoms with Crippen LogP contribution in [0.1, 0.15) is 31.7 Å². The van der Waals surface area contributed by atoms with Gasteiger partial charge in [-0.15, -0.1) is 11.3 Å². The Labute approximate surface area is 226 Å². The second kappa shape index (κ2) is 12.3. The van der Waals surface area contributed by atoms with E-state index in [1.165, 1.54) is 23.5 Å². The first-order valence-electron chi connectivity index (χ1n) is 12.1. The molecule has 0 aliphatic heterocycles. The molecule has 0 unspecified atom stereocenters. The molecule has 0 radical (unpaired) electrons. The van der Waals surface area contributed by atoms with Crippen LogP contribution >= 0.6 is 11.3 Å². The SMILES string of the molecule is C=CC(=O)OCC(F)(F)C(F)(F)C(F)(F)COc1ccc2cc(-c3ccc(CCCCC)cc3OC)sc2c1. The number of carbonyl (C=O) groups excluding carboxylic acids is 1. The smallest absolute Gasteiger partial charge is 0.378 e. The quantitative estimate of drug-likeness (QED) is 0.0841. The number of alkyl halides is 6. The number of carbonyl (C=O) groups is 1. The lowest BCUT2D eigenvalue weighted by Gasteiger charge is -2.32. The van der Waals surface area contributed by atoms with Crippen molar-refractivity contribution < 1.29 is 45.3 Å². The highest BCUT2D eigenvalue weighted by Gasteiger charge is 2.72. The van der Waals surface area contributed by atoms with Crippen molar-refractivity contribution in [1.29, 1.82) is 0 Å². The summed E-state index contributed by atoms with van der Waals surface area (Å²) >= 11 is 1.30. The number of thiophene rings is 1. The minimum atomic E-state index is -5.86. The average molecular weight is 575 g/mol. The lowest BCUT2D eigenvalue weighted by Crippen LogP contribution is -2.58. The molecule has 0 saturated carbocycles. The summed E-state index contributed by atoms with van der Waals surface area (Å²) in [6.45, 7) is 0.783. The zero-order valence-electron chi connectivity index (χ0n) is 21.4. The molecular weight excluding hydrogens is 546 g/mol. The molecule has 3 rings (SSSR count). The van der Waals surface area contributed by atoms with Crippen molar-refractivity contribution in [2.45, 2.75) is 50.4 Å². The molecule has 1 aromatic heterocycles. The topological polar surface area (TPSA) is 44.8 Å². The van der Waals surface area contributed by atoms with E-state index in [1.54, 1.807) is 13.2 Å². The molecule has 0 spiro atoms. The molecule has 0 aliphatic rings. The predicted octanol–water partition coefficient (Wildman–Crippen LogP) is 8.32. The van der Waals surface area contributed by atoms with Crippen LogP contribution in [-0.4, -0.2) is 44.1 Å².